The van der Waals surface area contributed by atoms with Gasteiger partial charge in [0.15, 0.2) is 0 Å². The van der Waals surface area contributed by atoms with Gasteiger partial charge in [-0.05, 0) is 59.9 Å². The lowest BCUT2D eigenvalue weighted by Gasteiger charge is -2.26. The molecule has 4 aromatic rings. The third kappa shape index (κ3) is 3.39. The first kappa shape index (κ1) is 19.3. The van der Waals surface area contributed by atoms with E-state index in [1.165, 1.54) is 41.8 Å². The number of aromatic amines is 1. The Balaban J connectivity index is 1.11. The minimum Gasteiger partial charge on any atom is -0.357 e. The average molecular weight is 428 g/mol. The van der Waals surface area contributed by atoms with Gasteiger partial charge in [0.1, 0.15) is 11.3 Å². The SMILES string of the molecule is O=C(NCc1ccc2cc(CNC3CC34CCC4)[nH]c2c1)c1cc(=O)n2ccccc2n1. The summed E-state index contributed by atoms with van der Waals surface area (Å²) in [6.45, 7) is 1.22. The van der Waals surface area contributed by atoms with Crippen molar-refractivity contribution in [1.29, 1.82) is 0 Å². The van der Waals surface area contributed by atoms with E-state index in [-0.39, 0.29) is 17.2 Å². The van der Waals surface area contributed by atoms with E-state index in [0.29, 0.717) is 23.6 Å². The molecule has 3 heterocycles. The number of nitrogens with zero attached hydrogens (tertiary/aromatic N) is 2. The molecule has 1 amide bonds. The van der Waals surface area contributed by atoms with Crippen molar-refractivity contribution in [3.8, 4) is 0 Å². The Hall–Kier alpha value is -3.45. The lowest BCUT2D eigenvalue weighted by atomic mass is 9.81. The highest BCUT2D eigenvalue weighted by molar-refractivity contribution is 5.92. The molecule has 162 valence electrons. The van der Waals surface area contributed by atoms with E-state index >= 15 is 0 Å². The van der Waals surface area contributed by atoms with E-state index in [2.05, 4.69) is 38.8 Å². The number of hydrogen-bond donors (Lipinski definition) is 3. The van der Waals surface area contributed by atoms with Crippen LogP contribution in [0.4, 0.5) is 0 Å². The number of rotatable bonds is 6. The number of amides is 1. The number of pyridine rings is 1. The molecule has 3 aromatic heterocycles. The molecule has 32 heavy (non-hydrogen) atoms. The van der Waals surface area contributed by atoms with Gasteiger partial charge in [-0.25, -0.2) is 4.98 Å². The Bertz CT molecular complexity index is 1400. The van der Waals surface area contributed by atoms with Crippen molar-refractivity contribution in [2.24, 2.45) is 5.41 Å². The molecular weight excluding hydrogens is 402 g/mol. The summed E-state index contributed by atoms with van der Waals surface area (Å²) in [6.07, 6.45) is 7.12. The molecule has 2 aliphatic rings. The number of benzene rings is 1. The Morgan fingerprint density at radius 3 is 2.88 bits per heavy atom. The smallest absolute Gasteiger partial charge is 0.270 e. The molecule has 3 N–H and O–H groups in total. The number of carbonyl (C=O) groups excluding carboxylic acids is 1. The first-order valence-electron chi connectivity index (χ1n) is 11.2. The first-order chi connectivity index (χ1) is 15.6. The lowest BCUT2D eigenvalue weighted by molar-refractivity contribution is 0.0946. The third-order valence-corrected chi connectivity index (χ3v) is 7.08. The van der Waals surface area contributed by atoms with Crippen LogP contribution >= 0.6 is 0 Å². The minimum absolute atomic E-state index is 0.125. The van der Waals surface area contributed by atoms with Crippen molar-refractivity contribution < 1.29 is 4.79 Å². The summed E-state index contributed by atoms with van der Waals surface area (Å²) in [5.74, 6) is -0.362. The lowest BCUT2D eigenvalue weighted by Crippen LogP contribution is -2.27. The van der Waals surface area contributed by atoms with E-state index < -0.39 is 0 Å². The van der Waals surface area contributed by atoms with Crippen LogP contribution in [0.15, 0.2) is 59.5 Å². The molecule has 7 heteroatoms. The maximum absolute atomic E-state index is 12.6. The molecule has 2 saturated carbocycles. The van der Waals surface area contributed by atoms with Crippen molar-refractivity contribution in [2.75, 3.05) is 0 Å². The topological polar surface area (TPSA) is 91.3 Å². The highest BCUT2D eigenvalue weighted by Crippen LogP contribution is 2.60. The zero-order chi connectivity index (χ0) is 21.7. The second kappa shape index (κ2) is 7.31. The predicted molar refractivity (Wildman–Crippen MR) is 122 cm³/mol. The van der Waals surface area contributed by atoms with Gasteiger partial charge in [-0.15, -0.1) is 0 Å². The van der Waals surface area contributed by atoms with Crippen LogP contribution < -0.4 is 16.2 Å². The van der Waals surface area contributed by atoms with Crippen LogP contribution in [-0.4, -0.2) is 26.3 Å². The van der Waals surface area contributed by atoms with E-state index in [4.69, 9.17) is 0 Å². The largest absolute Gasteiger partial charge is 0.357 e. The summed E-state index contributed by atoms with van der Waals surface area (Å²) < 4.78 is 1.41. The highest BCUT2D eigenvalue weighted by atomic mass is 16.2. The quantitative estimate of drug-likeness (QED) is 0.441. The zero-order valence-electron chi connectivity index (χ0n) is 17.7. The fourth-order valence-corrected chi connectivity index (χ4v) is 4.94. The summed E-state index contributed by atoms with van der Waals surface area (Å²) in [4.78, 5) is 32.6. The van der Waals surface area contributed by atoms with E-state index in [1.54, 1.807) is 24.4 Å². The maximum Gasteiger partial charge on any atom is 0.270 e. The van der Waals surface area contributed by atoms with Crippen molar-refractivity contribution in [2.45, 2.75) is 44.8 Å². The number of hydrogen-bond acceptors (Lipinski definition) is 4. The van der Waals surface area contributed by atoms with Crippen LogP contribution in [0.1, 0.15) is 47.4 Å². The van der Waals surface area contributed by atoms with Crippen molar-refractivity contribution in [3.05, 3.63) is 82.0 Å². The molecule has 1 aromatic carbocycles. The summed E-state index contributed by atoms with van der Waals surface area (Å²) in [6, 6.07) is 15.5. The molecular formula is C25H25N5O2. The number of fused-ring (bicyclic) bond motifs is 2. The molecule has 2 fully saturated rings. The van der Waals surface area contributed by atoms with Crippen molar-refractivity contribution in [3.63, 3.8) is 0 Å². The van der Waals surface area contributed by atoms with Crippen molar-refractivity contribution >= 4 is 22.5 Å². The Morgan fingerprint density at radius 1 is 1.16 bits per heavy atom. The monoisotopic (exact) mass is 427 g/mol. The summed E-state index contributed by atoms with van der Waals surface area (Å²) in [5, 5.41) is 7.73. The molecule has 0 radical (unpaired) electrons. The van der Waals surface area contributed by atoms with Gasteiger partial charge in [0, 0.05) is 42.6 Å². The fourth-order valence-electron chi connectivity index (χ4n) is 4.94. The van der Waals surface area contributed by atoms with Crippen molar-refractivity contribution in [1.82, 2.24) is 25.0 Å². The molecule has 0 saturated heterocycles. The van der Waals surface area contributed by atoms with Gasteiger partial charge in [0.25, 0.3) is 11.5 Å². The van der Waals surface area contributed by atoms with Gasteiger partial charge in [-0.3, -0.25) is 14.0 Å². The molecule has 2 aliphatic carbocycles. The van der Waals surface area contributed by atoms with Crippen LogP contribution in [0.3, 0.4) is 0 Å². The van der Waals surface area contributed by atoms with Gasteiger partial charge >= 0.3 is 0 Å². The average Bonchev–Trinajstić information content (AvgIpc) is 3.40. The van der Waals surface area contributed by atoms with Crippen LogP contribution in [0.2, 0.25) is 0 Å². The third-order valence-electron chi connectivity index (χ3n) is 7.08. The van der Waals surface area contributed by atoms with E-state index in [9.17, 15) is 9.59 Å². The molecule has 6 rings (SSSR count). The van der Waals surface area contributed by atoms with Gasteiger partial charge in [0.05, 0.1) is 0 Å². The Morgan fingerprint density at radius 2 is 2.06 bits per heavy atom. The normalized spacial score (nSPS) is 18.7. The second-order valence-electron chi connectivity index (χ2n) is 9.16. The zero-order valence-corrected chi connectivity index (χ0v) is 17.7. The summed E-state index contributed by atoms with van der Waals surface area (Å²) in [7, 11) is 0. The molecule has 1 unspecified atom stereocenters. The van der Waals surface area contributed by atoms with Crippen LogP contribution in [-0.2, 0) is 13.1 Å². The van der Waals surface area contributed by atoms with Gasteiger partial charge in [-0.1, -0.05) is 24.6 Å². The van der Waals surface area contributed by atoms with Crippen LogP contribution in [0.25, 0.3) is 16.6 Å². The van der Waals surface area contributed by atoms with Gasteiger partial charge in [-0.2, -0.15) is 0 Å². The van der Waals surface area contributed by atoms with E-state index in [1.807, 2.05) is 6.07 Å². The summed E-state index contributed by atoms with van der Waals surface area (Å²) >= 11 is 0. The second-order valence-corrected chi connectivity index (χ2v) is 9.16. The fraction of sp³-hybridized carbons (Fsp3) is 0.320. The summed E-state index contributed by atoms with van der Waals surface area (Å²) in [5.41, 5.74) is 4.16. The predicted octanol–water partition coefficient (Wildman–Crippen LogP) is 3.14. The molecule has 1 spiro atoms. The van der Waals surface area contributed by atoms with Crippen LogP contribution in [0, 0.1) is 5.41 Å². The standard InChI is InChI=1S/C25H25N5O2/c31-23-12-20(29-22-4-1-2-9-30(22)23)24(32)27-14-16-5-6-17-11-18(28-19(17)10-16)15-26-21-13-25(21)7-3-8-25/h1-2,4-6,9-12,21,26,28H,3,7-8,13-15H2,(H,27,32). The highest BCUT2D eigenvalue weighted by Gasteiger charge is 2.57. The Kier molecular flexibility index (Phi) is 4.40. The van der Waals surface area contributed by atoms with E-state index in [0.717, 1.165) is 23.0 Å². The van der Waals surface area contributed by atoms with Gasteiger partial charge < -0.3 is 15.6 Å². The molecule has 7 nitrogen and oxygen atoms in total. The number of nitrogens with one attached hydrogen (secondary N) is 3. The number of H-pyrrole nitrogens is 1. The Labute approximate surface area is 184 Å². The molecule has 1 atom stereocenters. The minimum atomic E-state index is -0.362. The maximum atomic E-state index is 12.6. The molecule has 0 aliphatic heterocycles. The van der Waals surface area contributed by atoms with Crippen LogP contribution in [0.5, 0.6) is 0 Å². The number of carbonyl (C=O) groups is 1. The molecule has 0 bridgehead atoms. The first-order valence-corrected chi connectivity index (χ1v) is 11.2. The number of aromatic nitrogens is 3. The van der Waals surface area contributed by atoms with Gasteiger partial charge in [0.2, 0.25) is 0 Å².